The third kappa shape index (κ3) is 10.2. The van der Waals surface area contributed by atoms with E-state index in [1.165, 1.54) is 0 Å². The van der Waals surface area contributed by atoms with E-state index in [0.29, 0.717) is 30.8 Å². The van der Waals surface area contributed by atoms with Crippen molar-refractivity contribution in [2.45, 2.75) is 63.1 Å². The summed E-state index contributed by atoms with van der Waals surface area (Å²) in [7, 11) is 0. The van der Waals surface area contributed by atoms with Gasteiger partial charge in [0.05, 0.1) is 0 Å². The van der Waals surface area contributed by atoms with Gasteiger partial charge in [-0.25, -0.2) is 0 Å². The van der Waals surface area contributed by atoms with Gasteiger partial charge in [-0.05, 0) is 80.5 Å². The Morgan fingerprint density at radius 1 is 0.973 bits per heavy atom. The Labute approximate surface area is 238 Å². The van der Waals surface area contributed by atoms with Crippen molar-refractivity contribution in [3.8, 4) is 0 Å². The Bertz CT molecular complexity index is 1170. The number of nitrogens with one attached hydrogen (secondary N) is 1. The molecule has 0 radical (unpaired) electrons. The van der Waals surface area contributed by atoms with Gasteiger partial charge in [-0.15, -0.1) is 11.8 Å². The first-order chi connectivity index (χ1) is 17.6. The monoisotopic (exact) mass is 600 g/mol. The molecule has 0 spiro atoms. The molecule has 3 aromatic rings. The van der Waals surface area contributed by atoms with Crippen LogP contribution in [0.15, 0.2) is 88.2 Å². The summed E-state index contributed by atoms with van der Waals surface area (Å²) in [5, 5.41) is 3.82. The molecule has 0 bridgehead atoms. The molecule has 0 aliphatic heterocycles. The maximum atomic E-state index is 13.7. The summed E-state index contributed by atoms with van der Waals surface area (Å²) in [6.07, 6.45) is 1.52. The first-order valence-corrected chi connectivity index (χ1v) is 14.5. The number of carbonyl (C=O) groups is 2. The maximum absolute atomic E-state index is 13.7. The fraction of sp³-hybridized carbons (Fsp3) is 0.333. The van der Waals surface area contributed by atoms with Gasteiger partial charge in [0.25, 0.3) is 0 Å². The quantitative estimate of drug-likeness (QED) is 0.183. The van der Waals surface area contributed by atoms with E-state index in [1.54, 1.807) is 16.7 Å². The number of carbonyl (C=O) groups excluding carboxylic acids is 2. The lowest BCUT2D eigenvalue weighted by molar-refractivity contribution is -0.142. The highest BCUT2D eigenvalue weighted by atomic mass is 79.9. The third-order valence-corrected chi connectivity index (χ3v) is 7.47. The smallest absolute Gasteiger partial charge is 0.243 e. The van der Waals surface area contributed by atoms with Crippen molar-refractivity contribution < 1.29 is 9.59 Å². The van der Waals surface area contributed by atoms with Crippen LogP contribution in [0.2, 0.25) is 5.02 Å². The SMILES string of the molecule is CC(C)(C)NC(=O)[C@@H](Cc1ccccc1)N(Cc1cccc(Br)c1)C(=O)CCCSc1ccc(Cl)cc1. The van der Waals surface area contributed by atoms with E-state index in [-0.39, 0.29) is 11.8 Å². The molecule has 0 aliphatic carbocycles. The van der Waals surface area contributed by atoms with Gasteiger partial charge in [0.1, 0.15) is 6.04 Å². The number of nitrogens with zero attached hydrogens (tertiary/aromatic N) is 1. The molecule has 37 heavy (non-hydrogen) atoms. The molecule has 0 heterocycles. The Balaban J connectivity index is 1.81. The summed E-state index contributed by atoms with van der Waals surface area (Å²) in [6, 6.07) is 24.9. The van der Waals surface area contributed by atoms with Crippen LogP contribution in [0.25, 0.3) is 0 Å². The van der Waals surface area contributed by atoms with Crippen molar-refractivity contribution in [1.29, 1.82) is 0 Å². The molecule has 0 aliphatic rings. The molecule has 7 heteroatoms. The molecular formula is C30H34BrClN2O2S. The van der Waals surface area contributed by atoms with E-state index in [9.17, 15) is 9.59 Å². The summed E-state index contributed by atoms with van der Waals surface area (Å²) < 4.78 is 0.940. The Morgan fingerprint density at radius 2 is 1.65 bits per heavy atom. The van der Waals surface area contributed by atoms with Crippen LogP contribution in [0.5, 0.6) is 0 Å². The van der Waals surface area contributed by atoms with Crippen molar-refractivity contribution in [1.82, 2.24) is 10.2 Å². The van der Waals surface area contributed by atoms with E-state index in [4.69, 9.17) is 11.6 Å². The highest BCUT2D eigenvalue weighted by Crippen LogP contribution is 2.23. The second-order valence-electron chi connectivity index (χ2n) is 10.0. The van der Waals surface area contributed by atoms with Crippen molar-refractivity contribution >= 4 is 51.1 Å². The Hall–Kier alpha value is -2.28. The van der Waals surface area contributed by atoms with Gasteiger partial charge in [-0.3, -0.25) is 9.59 Å². The molecule has 0 fully saturated rings. The predicted molar refractivity (Wildman–Crippen MR) is 158 cm³/mol. The van der Waals surface area contributed by atoms with Gasteiger partial charge in [0.15, 0.2) is 0 Å². The Morgan fingerprint density at radius 3 is 2.30 bits per heavy atom. The predicted octanol–water partition coefficient (Wildman–Crippen LogP) is 7.53. The largest absolute Gasteiger partial charge is 0.350 e. The number of hydrogen-bond donors (Lipinski definition) is 1. The number of benzene rings is 3. The summed E-state index contributed by atoms with van der Waals surface area (Å²) in [5.74, 6) is 0.632. The number of amides is 2. The van der Waals surface area contributed by atoms with Crippen LogP contribution in [0.1, 0.15) is 44.7 Å². The zero-order chi connectivity index (χ0) is 26.8. The highest BCUT2D eigenvalue weighted by molar-refractivity contribution is 9.10. The molecular weight excluding hydrogens is 568 g/mol. The molecule has 196 valence electrons. The van der Waals surface area contributed by atoms with E-state index in [0.717, 1.165) is 26.2 Å². The minimum atomic E-state index is -0.628. The Kier molecular flexibility index (Phi) is 11.1. The molecule has 1 N–H and O–H groups in total. The third-order valence-electron chi connectivity index (χ3n) is 5.63. The molecule has 3 rings (SSSR count). The maximum Gasteiger partial charge on any atom is 0.243 e. The molecule has 0 aromatic heterocycles. The van der Waals surface area contributed by atoms with Crippen molar-refractivity contribution in [3.05, 3.63) is 99.5 Å². The molecule has 0 saturated heterocycles. The fourth-order valence-corrected chi connectivity index (χ4v) is 5.35. The lowest BCUT2D eigenvalue weighted by atomic mass is 10.00. The van der Waals surface area contributed by atoms with E-state index in [2.05, 4.69) is 21.2 Å². The second kappa shape index (κ2) is 14.0. The van der Waals surface area contributed by atoms with E-state index in [1.807, 2.05) is 99.6 Å². The first-order valence-electron chi connectivity index (χ1n) is 12.4. The van der Waals surface area contributed by atoms with Crippen LogP contribution >= 0.6 is 39.3 Å². The number of thioether (sulfide) groups is 1. The molecule has 0 unspecified atom stereocenters. The minimum Gasteiger partial charge on any atom is -0.350 e. The van der Waals surface area contributed by atoms with Crippen LogP contribution in [-0.4, -0.2) is 34.0 Å². The van der Waals surface area contributed by atoms with E-state index >= 15 is 0 Å². The standard InChI is InChI=1S/C30H34BrClN2O2S/c1-30(2,3)33-29(36)27(20-22-9-5-4-6-10-22)34(21-23-11-7-12-24(31)19-23)28(35)13-8-18-37-26-16-14-25(32)15-17-26/h4-7,9-12,14-17,19,27H,8,13,18,20-21H2,1-3H3,(H,33,36)/t27-/m1/s1. The van der Waals surface area contributed by atoms with Gasteiger partial charge in [0, 0.05) is 39.3 Å². The molecule has 3 aromatic carbocycles. The first kappa shape index (κ1) is 29.3. The highest BCUT2D eigenvalue weighted by Gasteiger charge is 2.32. The van der Waals surface area contributed by atoms with Crippen LogP contribution in [0, 0.1) is 0 Å². The van der Waals surface area contributed by atoms with Gasteiger partial charge in [-0.1, -0.05) is 70.0 Å². The van der Waals surface area contributed by atoms with Crippen LogP contribution in [0.4, 0.5) is 0 Å². The van der Waals surface area contributed by atoms with E-state index < -0.39 is 11.6 Å². The molecule has 2 amide bonds. The molecule has 1 atom stereocenters. The van der Waals surface area contributed by atoms with Gasteiger partial charge >= 0.3 is 0 Å². The lowest BCUT2D eigenvalue weighted by Gasteiger charge is -2.34. The van der Waals surface area contributed by atoms with Crippen molar-refractivity contribution in [3.63, 3.8) is 0 Å². The summed E-state index contributed by atoms with van der Waals surface area (Å²) >= 11 is 11.2. The normalized spacial score (nSPS) is 12.1. The van der Waals surface area contributed by atoms with Crippen LogP contribution in [0.3, 0.4) is 0 Å². The molecule has 0 saturated carbocycles. The number of halogens is 2. The zero-order valence-electron chi connectivity index (χ0n) is 21.5. The van der Waals surface area contributed by atoms with Crippen LogP contribution < -0.4 is 5.32 Å². The summed E-state index contributed by atoms with van der Waals surface area (Å²) in [5.41, 5.74) is 1.58. The molecule has 4 nitrogen and oxygen atoms in total. The summed E-state index contributed by atoms with van der Waals surface area (Å²) in [4.78, 5) is 30.1. The number of hydrogen-bond acceptors (Lipinski definition) is 3. The van der Waals surface area contributed by atoms with Crippen LogP contribution in [-0.2, 0) is 22.6 Å². The zero-order valence-corrected chi connectivity index (χ0v) is 24.7. The van der Waals surface area contributed by atoms with Gasteiger partial charge in [-0.2, -0.15) is 0 Å². The fourth-order valence-electron chi connectivity index (χ4n) is 3.93. The summed E-state index contributed by atoms with van der Waals surface area (Å²) in [6.45, 7) is 6.23. The number of rotatable bonds is 11. The lowest BCUT2D eigenvalue weighted by Crippen LogP contribution is -2.54. The topological polar surface area (TPSA) is 49.4 Å². The second-order valence-corrected chi connectivity index (χ2v) is 12.5. The minimum absolute atomic E-state index is 0.0262. The average molecular weight is 602 g/mol. The van der Waals surface area contributed by atoms with Gasteiger partial charge < -0.3 is 10.2 Å². The average Bonchev–Trinajstić information content (AvgIpc) is 2.84. The van der Waals surface area contributed by atoms with Crippen molar-refractivity contribution in [2.75, 3.05) is 5.75 Å². The van der Waals surface area contributed by atoms with Gasteiger partial charge in [0.2, 0.25) is 11.8 Å². The van der Waals surface area contributed by atoms with Crippen molar-refractivity contribution in [2.24, 2.45) is 0 Å².